The van der Waals surface area contributed by atoms with Crippen molar-refractivity contribution in [3.05, 3.63) is 72.8 Å². The molecule has 1 amide bonds. The number of rotatable bonds is 4. The molecule has 4 aromatic rings. The van der Waals surface area contributed by atoms with Crippen LogP contribution in [0.25, 0.3) is 16.8 Å². The molecule has 0 bridgehead atoms. The zero-order valence-corrected chi connectivity index (χ0v) is 18.8. The first-order valence-corrected chi connectivity index (χ1v) is 11.1. The van der Waals surface area contributed by atoms with Gasteiger partial charge in [-0.15, -0.1) is 0 Å². The van der Waals surface area contributed by atoms with Gasteiger partial charge in [0.05, 0.1) is 18.9 Å². The molecule has 0 saturated carbocycles. The van der Waals surface area contributed by atoms with Crippen LogP contribution in [0.3, 0.4) is 0 Å². The van der Waals surface area contributed by atoms with Gasteiger partial charge >= 0.3 is 0 Å². The van der Waals surface area contributed by atoms with Crippen molar-refractivity contribution in [2.24, 2.45) is 0 Å². The molecule has 33 heavy (non-hydrogen) atoms. The molecule has 1 atom stereocenters. The molecule has 8 heteroatoms. The van der Waals surface area contributed by atoms with Crippen molar-refractivity contribution in [1.82, 2.24) is 24.5 Å². The molecule has 0 spiro atoms. The summed E-state index contributed by atoms with van der Waals surface area (Å²) in [6.07, 6.45) is 6.12. The standard InChI is InChI=1S/C25H26N6O2/c1-18-11-14-29(21-10-9-20(33-2)17-27-21)15-16-30(18)25(32)23-22(19-7-4-3-5-8-19)24-26-12-6-13-31(24)28-23/h3-10,12-13,17-18H,11,14-16H2,1-2H3/t18-/m1/s1. The maximum atomic E-state index is 13.8. The number of nitrogens with zero attached hydrogens (tertiary/aromatic N) is 6. The lowest BCUT2D eigenvalue weighted by Gasteiger charge is -2.26. The highest BCUT2D eigenvalue weighted by molar-refractivity contribution is 6.02. The largest absolute Gasteiger partial charge is 0.495 e. The second-order valence-corrected chi connectivity index (χ2v) is 8.16. The molecule has 8 nitrogen and oxygen atoms in total. The molecule has 0 N–H and O–H groups in total. The zero-order chi connectivity index (χ0) is 22.8. The molecule has 4 heterocycles. The predicted octanol–water partition coefficient (Wildman–Crippen LogP) is 3.54. The van der Waals surface area contributed by atoms with Gasteiger partial charge in [0.1, 0.15) is 11.6 Å². The first-order valence-electron chi connectivity index (χ1n) is 11.1. The van der Waals surface area contributed by atoms with E-state index in [1.165, 1.54) is 0 Å². The Balaban J connectivity index is 1.45. The second-order valence-electron chi connectivity index (χ2n) is 8.16. The lowest BCUT2D eigenvalue weighted by molar-refractivity contribution is 0.0699. The molecule has 1 aromatic carbocycles. The fourth-order valence-electron chi connectivity index (χ4n) is 4.31. The van der Waals surface area contributed by atoms with Crippen molar-refractivity contribution in [2.45, 2.75) is 19.4 Å². The Bertz CT molecular complexity index is 1260. The van der Waals surface area contributed by atoms with Gasteiger partial charge in [-0.1, -0.05) is 30.3 Å². The molecule has 1 aliphatic heterocycles. The lowest BCUT2D eigenvalue weighted by Crippen LogP contribution is -2.40. The molecule has 0 unspecified atom stereocenters. The fraction of sp³-hybridized carbons (Fsp3) is 0.280. The van der Waals surface area contributed by atoms with Gasteiger partial charge in [0, 0.05) is 38.1 Å². The van der Waals surface area contributed by atoms with E-state index in [-0.39, 0.29) is 11.9 Å². The lowest BCUT2D eigenvalue weighted by atomic mass is 10.0. The van der Waals surface area contributed by atoms with Crippen molar-refractivity contribution < 1.29 is 9.53 Å². The van der Waals surface area contributed by atoms with E-state index in [4.69, 9.17) is 4.74 Å². The van der Waals surface area contributed by atoms with Gasteiger partial charge in [-0.05, 0) is 37.1 Å². The van der Waals surface area contributed by atoms with E-state index in [9.17, 15) is 4.79 Å². The molecule has 0 radical (unpaired) electrons. The van der Waals surface area contributed by atoms with Crippen LogP contribution in [-0.4, -0.2) is 63.2 Å². The molecule has 1 saturated heterocycles. The summed E-state index contributed by atoms with van der Waals surface area (Å²) >= 11 is 0. The van der Waals surface area contributed by atoms with Crippen LogP contribution >= 0.6 is 0 Å². The average molecular weight is 443 g/mol. The Labute approximate surface area is 192 Å². The van der Waals surface area contributed by atoms with E-state index in [0.29, 0.717) is 24.4 Å². The molecule has 1 aliphatic rings. The average Bonchev–Trinajstić information content (AvgIpc) is 3.15. The summed E-state index contributed by atoms with van der Waals surface area (Å²) in [5, 5.41) is 4.65. The Kier molecular flexibility index (Phi) is 5.64. The number of benzene rings is 1. The molecular weight excluding hydrogens is 416 g/mol. The molecule has 5 rings (SSSR count). The Morgan fingerprint density at radius 2 is 1.88 bits per heavy atom. The number of hydrogen-bond acceptors (Lipinski definition) is 6. The van der Waals surface area contributed by atoms with Crippen molar-refractivity contribution in [3.8, 4) is 16.9 Å². The van der Waals surface area contributed by atoms with Gasteiger partial charge < -0.3 is 14.5 Å². The summed E-state index contributed by atoms with van der Waals surface area (Å²) in [4.78, 5) is 27.0. The van der Waals surface area contributed by atoms with E-state index in [1.54, 1.807) is 24.0 Å². The number of carbonyl (C=O) groups excluding carboxylic acids is 1. The van der Waals surface area contributed by atoms with Crippen LogP contribution in [0.4, 0.5) is 5.82 Å². The van der Waals surface area contributed by atoms with Gasteiger partial charge in [-0.3, -0.25) is 4.79 Å². The minimum Gasteiger partial charge on any atom is -0.495 e. The SMILES string of the molecule is COc1ccc(N2CC[C@@H](C)N(C(=O)c3nn4cccnc4c3-c3ccccc3)CC2)nc1. The third-order valence-electron chi connectivity index (χ3n) is 6.16. The minimum absolute atomic E-state index is 0.0714. The number of anilines is 1. The highest BCUT2D eigenvalue weighted by atomic mass is 16.5. The highest BCUT2D eigenvalue weighted by Gasteiger charge is 2.31. The molecule has 0 aliphatic carbocycles. The van der Waals surface area contributed by atoms with Crippen LogP contribution in [-0.2, 0) is 0 Å². The van der Waals surface area contributed by atoms with Gasteiger partial charge in [0.25, 0.3) is 5.91 Å². The van der Waals surface area contributed by atoms with Gasteiger partial charge in [-0.25, -0.2) is 14.5 Å². The van der Waals surface area contributed by atoms with E-state index < -0.39 is 0 Å². The van der Waals surface area contributed by atoms with Crippen LogP contribution in [0.15, 0.2) is 67.1 Å². The third kappa shape index (κ3) is 4.00. The van der Waals surface area contributed by atoms with Crippen LogP contribution in [0.2, 0.25) is 0 Å². The van der Waals surface area contributed by atoms with Crippen LogP contribution in [0, 0.1) is 0 Å². The number of fused-ring (bicyclic) bond motifs is 1. The first-order chi connectivity index (χ1) is 16.2. The normalized spacial score (nSPS) is 16.6. The first kappa shape index (κ1) is 20.9. The Hall–Kier alpha value is -3.94. The molecule has 168 valence electrons. The van der Waals surface area contributed by atoms with E-state index in [2.05, 4.69) is 26.9 Å². The number of ether oxygens (including phenoxy) is 1. The second kappa shape index (κ2) is 8.90. The number of aromatic nitrogens is 4. The minimum atomic E-state index is -0.0728. The van der Waals surface area contributed by atoms with Gasteiger partial charge in [0.2, 0.25) is 0 Å². The Morgan fingerprint density at radius 1 is 1.03 bits per heavy atom. The number of methoxy groups -OCH3 is 1. The highest BCUT2D eigenvalue weighted by Crippen LogP contribution is 2.29. The third-order valence-corrected chi connectivity index (χ3v) is 6.16. The van der Waals surface area contributed by atoms with E-state index >= 15 is 0 Å². The number of hydrogen-bond donors (Lipinski definition) is 0. The summed E-state index contributed by atoms with van der Waals surface area (Å²) in [5.41, 5.74) is 2.81. The maximum absolute atomic E-state index is 13.8. The van der Waals surface area contributed by atoms with Gasteiger partial charge in [0.15, 0.2) is 11.3 Å². The van der Waals surface area contributed by atoms with Crippen molar-refractivity contribution in [1.29, 1.82) is 0 Å². The number of pyridine rings is 1. The summed E-state index contributed by atoms with van der Waals surface area (Å²) < 4.78 is 6.91. The van der Waals surface area contributed by atoms with Crippen molar-refractivity contribution in [2.75, 3.05) is 31.6 Å². The van der Waals surface area contributed by atoms with E-state index in [1.807, 2.05) is 59.6 Å². The summed E-state index contributed by atoms with van der Waals surface area (Å²) in [5.74, 6) is 1.54. The predicted molar refractivity (Wildman–Crippen MR) is 127 cm³/mol. The molecule has 1 fully saturated rings. The smallest absolute Gasteiger partial charge is 0.275 e. The quantitative estimate of drug-likeness (QED) is 0.481. The molecule has 3 aromatic heterocycles. The van der Waals surface area contributed by atoms with Crippen LogP contribution in [0.1, 0.15) is 23.8 Å². The number of carbonyl (C=O) groups is 1. The van der Waals surface area contributed by atoms with Crippen LogP contribution < -0.4 is 9.64 Å². The topological polar surface area (TPSA) is 75.9 Å². The zero-order valence-electron chi connectivity index (χ0n) is 18.8. The van der Waals surface area contributed by atoms with Crippen molar-refractivity contribution >= 4 is 17.4 Å². The summed E-state index contributed by atoms with van der Waals surface area (Å²) in [6, 6.07) is 15.6. The number of amides is 1. The maximum Gasteiger partial charge on any atom is 0.275 e. The van der Waals surface area contributed by atoms with Crippen molar-refractivity contribution in [3.63, 3.8) is 0 Å². The Morgan fingerprint density at radius 3 is 2.64 bits per heavy atom. The van der Waals surface area contributed by atoms with Gasteiger partial charge in [-0.2, -0.15) is 5.10 Å². The van der Waals surface area contributed by atoms with Crippen LogP contribution in [0.5, 0.6) is 5.75 Å². The molecular formula is C25H26N6O2. The fourth-order valence-corrected chi connectivity index (χ4v) is 4.31. The monoisotopic (exact) mass is 442 g/mol. The van der Waals surface area contributed by atoms with E-state index in [0.717, 1.165) is 35.7 Å². The summed E-state index contributed by atoms with van der Waals surface area (Å²) in [6.45, 7) is 4.20. The summed E-state index contributed by atoms with van der Waals surface area (Å²) in [7, 11) is 1.63.